The molecule has 8 heteroatoms. The maximum Gasteiger partial charge on any atom is 0.280 e. The predicted molar refractivity (Wildman–Crippen MR) is 126 cm³/mol. The summed E-state index contributed by atoms with van der Waals surface area (Å²) in [5, 5.41) is 16.3. The Labute approximate surface area is 192 Å². The van der Waals surface area contributed by atoms with Crippen molar-refractivity contribution in [2.45, 2.75) is 43.6 Å². The largest absolute Gasteiger partial charge is 0.443 e. The lowest BCUT2D eigenvalue weighted by Crippen LogP contribution is -2.53. The third-order valence-electron chi connectivity index (χ3n) is 6.27. The Hall–Kier alpha value is -3.52. The Morgan fingerprint density at radius 2 is 1.82 bits per heavy atom. The number of benzene rings is 1. The van der Waals surface area contributed by atoms with Gasteiger partial charge in [0.25, 0.3) is 5.85 Å². The van der Waals surface area contributed by atoms with Gasteiger partial charge in [-0.25, -0.2) is 0 Å². The number of hydrogen-bond donors (Lipinski definition) is 2. The van der Waals surface area contributed by atoms with Crippen LogP contribution in [0.15, 0.2) is 73.4 Å². The molecule has 0 amide bonds. The molecule has 2 fully saturated rings. The summed E-state index contributed by atoms with van der Waals surface area (Å²) in [4.78, 5) is 0. The first-order valence-corrected chi connectivity index (χ1v) is 11.6. The second kappa shape index (κ2) is 8.44. The molecule has 1 unspecified atom stereocenters. The van der Waals surface area contributed by atoms with Gasteiger partial charge in [-0.2, -0.15) is 10.2 Å². The van der Waals surface area contributed by atoms with E-state index in [0.29, 0.717) is 12.1 Å². The molecule has 2 aromatic heterocycles. The lowest BCUT2D eigenvalue weighted by molar-refractivity contribution is 0.0662. The molecule has 33 heavy (non-hydrogen) atoms. The first kappa shape index (κ1) is 20.1. The molecule has 0 bridgehead atoms. The molecule has 1 aromatic carbocycles. The van der Waals surface area contributed by atoms with Gasteiger partial charge in [-0.05, 0) is 31.8 Å². The maximum atomic E-state index is 6.65. The zero-order valence-corrected chi connectivity index (χ0v) is 18.4. The molecule has 0 spiro atoms. The van der Waals surface area contributed by atoms with E-state index in [2.05, 4.69) is 27.9 Å². The van der Waals surface area contributed by atoms with Gasteiger partial charge < -0.3 is 20.1 Å². The summed E-state index contributed by atoms with van der Waals surface area (Å²) >= 11 is 0. The number of dihydropyridines is 1. The van der Waals surface area contributed by atoms with Crippen LogP contribution in [-0.2, 0) is 4.74 Å². The Bertz CT molecular complexity index is 1160. The molecule has 0 radical (unpaired) electrons. The minimum atomic E-state index is -0.959. The van der Waals surface area contributed by atoms with Crippen LogP contribution in [0.3, 0.4) is 0 Å². The zero-order chi connectivity index (χ0) is 22.1. The topological polar surface area (TPSA) is 78.2 Å². The van der Waals surface area contributed by atoms with Crippen molar-refractivity contribution >= 4 is 5.69 Å². The van der Waals surface area contributed by atoms with Gasteiger partial charge >= 0.3 is 0 Å². The van der Waals surface area contributed by atoms with E-state index in [1.807, 2.05) is 70.6 Å². The summed E-state index contributed by atoms with van der Waals surface area (Å²) in [6.45, 7) is 1.56. The normalized spacial score (nSPS) is 22.8. The summed E-state index contributed by atoms with van der Waals surface area (Å²) in [5.41, 5.74) is 2.75. The van der Waals surface area contributed by atoms with Crippen molar-refractivity contribution in [3.05, 3.63) is 73.4 Å². The van der Waals surface area contributed by atoms with Crippen molar-refractivity contribution in [3.63, 3.8) is 0 Å². The third kappa shape index (κ3) is 4.26. The monoisotopic (exact) mass is 444 g/mol. The molecule has 3 aromatic rings. The van der Waals surface area contributed by atoms with Gasteiger partial charge in [0.1, 0.15) is 5.69 Å². The molecular formula is C25H28N6O2. The molecule has 1 saturated carbocycles. The second-order valence-corrected chi connectivity index (χ2v) is 8.80. The fourth-order valence-corrected chi connectivity index (χ4v) is 4.34. The van der Waals surface area contributed by atoms with Crippen LogP contribution in [-0.4, -0.2) is 38.6 Å². The molecule has 3 aliphatic rings. The van der Waals surface area contributed by atoms with Crippen LogP contribution >= 0.6 is 0 Å². The fraction of sp³-hybridized carbons (Fsp3) is 0.360. The Balaban J connectivity index is 1.29. The fourth-order valence-electron chi connectivity index (χ4n) is 4.34. The van der Waals surface area contributed by atoms with Crippen LogP contribution in [0.25, 0.3) is 11.3 Å². The highest BCUT2D eigenvalue weighted by Crippen LogP contribution is 2.39. The van der Waals surface area contributed by atoms with Gasteiger partial charge in [0, 0.05) is 37.3 Å². The third-order valence-corrected chi connectivity index (χ3v) is 6.27. The van der Waals surface area contributed by atoms with Crippen LogP contribution < -0.4 is 15.4 Å². The second-order valence-electron chi connectivity index (χ2n) is 8.80. The lowest BCUT2D eigenvalue weighted by atomic mass is 10.1. The van der Waals surface area contributed by atoms with Crippen LogP contribution in [0.1, 0.15) is 37.8 Å². The maximum absolute atomic E-state index is 6.65. The first-order valence-electron chi connectivity index (χ1n) is 11.6. The van der Waals surface area contributed by atoms with Gasteiger partial charge in [0.2, 0.25) is 0 Å². The first-order chi connectivity index (χ1) is 16.3. The minimum absolute atomic E-state index is 0.363. The summed E-state index contributed by atoms with van der Waals surface area (Å²) < 4.78 is 16.2. The van der Waals surface area contributed by atoms with Gasteiger partial charge in [-0.15, -0.1) is 0 Å². The summed E-state index contributed by atoms with van der Waals surface area (Å²) in [7, 11) is 0. The summed E-state index contributed by atoms with van der Waals surface area (Å²) in [6.07, 6.45) is 17.9. The van der Waals surface area contributed by atoms with E-state index in [1.165, 1.54) is 0 Å². The molecule has 6 rings (SSSR count). The van der Waals surface area contributed by atoms with E-state index in [1.54, 1.807) is 0 Å². The Morgan fingerprint density at radius 1 is 1.00 bits per heavy atom. The molecule has 1 atom stereocenters. The molecule has 4 heterocycles. The highest BCUT2D eigenvalue weighted by molar-refractivity contribution is 5.66. The van der Waals surface area contributed by atoms with Crippen LogP contribution in [0.2, 0.25) is 0 Å². The van der Waals surface area contributed by atoms with Gasteiger partial charge in [-0.3, -0.25) is 9.36 Å². The van der Waals surface area contributed by atoms with Gasteiger partial charge in [-0.1, -0.05) is 36.4 Å². The summed E-state index contributed by atoms with van der Waals surface area (Å²) in [6, 6.07) is 11.0. The standard InChI is InChI=1S/C25H28N6O2/c1-2-6-19(7-3-1)24-23(18-31(29-24)21-8-9-21)33-25(12-4-5-13-26-25)28-20-16-27-30(17-20)22-10-14-32-15-11-22/h1-7,12-13,16-18,21-22,26,28H,8-11,14-15H2. The van der Waals surface area contributed by atoms with E-state index in [-0.39, 0.29) is 0 Å². The van der Waals surface area contributed by atoms with E-state index in [9.17, 15) is 0 Å². The smallest absolute Gasteiger partial charge is 0.280 e. The van der Waals surface area contributed by atoms with E-state index in [4.69, 9.17) is 14.6 Å². The van der Waals surface area contributed by atoms with E-state index >= 15 is 0 Å². The number of ether oxygens (including phenoxy) is 2. The van der Waals surface area contributed by atoms with Crippen LogP contribution in [0.4, 0.5) is 5.69 Å². The predicted octanol–water partition coefficient (Wildman–Crippen LogP) is 4.25. The number of nitrogens with zero attached hydrogens (tertiary/aromatic N) is 4. The molecule has 2 N–H and O–H groups in total. The number of hydrogen-bond acceptors (Lipinski definition) is 6. The van der Waals surface area contributed by atoms with Crippen LogP contribution in [0.5, 0.6) is 5.75 Å². The van der Waals surface area contributed by atoms with Crippen LogP contribution in [0, 0.1) is 0 Å². The van der Waals surface area contributed by atoms with Crippen molar-refractivity contribution in [1.82, 2.24) is 24.9 Å². The van der Waals surface area contributed by atoms with Crippen molar-refractivity contribution in [2.24, 2.45) is 0 Å². The SMILES string of the molecule is C1=CNC(Nc2cnn(C3CCOCC3)c2)(Oc2cn(C3CC3)nc2-c2ccccc2)C=C1. The van der Waals surface area contributed by atoms with E-state index < -0.39 is 5.85 Å². The molecular weight excluding hydrogens is 416 g/mol. The minimum Gasteiger partial charge on any atom is -0.443 e. The molecule has 8 nitrogen and oxygen atoms in total. The highest BCUT2D eigenvalue weighted by Gasteiger charge is 2.34. The number of aromatic nitrogens is 4. The summed E-state index contributed by atoms with van der Waals surface area (Å²) in [5.74, 6) is -0.232. The lowest BCUT2D eigenvalue weighted by Gasteiger charge is -2.34. The van der Waals surface area contributed by atoms with Crippen molar-refractivity contribution in [3.8, 4) is 17.0 Å². The number of rotatable bonds is 7. The van der Waals surface area contributed by atoms with Crippen molar-refractivity contribution in [1.29, 1.82) is 0 Å². The average Bonchev–Trinajstić information content (AvgIpc) is 3.48. The van der Waals surface area contributed by atoms with Gasteiger partial charge in [0.15, 0.2) is 5.75 Å². The molecule has 2 aliphatic heterocycles. The quantitative estimate of drug-likeness (QED) is 0.531. The number of allylic oxidation sites excluding steroid dienone is 2. The molecule has 1 saturated heterocycles. The average molecular weight is 445 g/mol. The van der Waals surface area contributed by atoms with Gasteiger partial charge in [0.05, 0.1) is 30.2 Å². The number of nitrogens with one attached hydrogen (secondary N) is 2. The zero-order valence-electron chi connectivity index (χ0n) is 18.4. The molecule has 170 valence electrons. The Kier molecular flexibility index (Phi) is 5.14. The van der Waals surface area contributed by atoms with Crippen molar-refractivity contribution in [2.75, 3.05) is 18.5 Å². The molecule has 1 aliphatic carbocycles. The van der Waals surface area contributed by atoms with Crippen molar-refractivity contribution < 1.29 is 9.47 Å². The Morgan fingerprint density at radius 3 is 2.58 bits per heavy atom. The van der Waals surface area contributed by atoms with E-state index in [0.717, 1.165) is 61.6 Å². The number of anilines is 1. The highest BCUT2D eigenvalue weighted by atomic mass is 16.5.